The second-order valence-electron chi connectivity index (χ2n) is 3.91. The van der Waals surface area contributed by atoms with Crippen molar-refractivity contribution in [2.75, 3.05) is 4.72 Å². The Morgan fingerprint density at radius 1 is 1.40 bits per heavy atom. The van der Waals surface area contributed by atoms with E-state index in [1.807, 2.05) is 0 Å². The fourth-order valence-electron chi connectivity index (χ4n) is 1.46. The van der Waals surface area contributed by atoms with Gasteiger partial charge in [0.15, 0.2) is 4.67 Å². The Bertz CT molecular complexity index is 769. The molecule has 106 valence electrons. The molecule has 7 nitrogen and oxygen atoms in total. The lowest BCUT2D eigenvalue weighted by atomic mass is 10.3. The molecule has 2 rings (SSSR count). The maximum Gasteiger partial charge on any atom is 0.371 e. The summed E-state index contributed by atoms with van der Waals surface area (Å²) in [5.74, 6) is -1.83. The normalized spacial score (nSPS) is 11.3. The minimum absolute atomic E-state index is 0.178. The number of aromatic nitrogens is 1. The molecule has 9 heteroatoms. The predicted molar refractivity (Wildman–Crippen MR) is 73.1 cm³/mol. The van der Waals surface area contributed by atoms with Gasteiger partial charge in [-0.1, -0.05) is 0 Å². The van der Waals surface area contributed by atoms with E-state index in [4.69, 9.17) is 9.52 Å². The number of halogens is 1. The molecule has 0 bridgehead atoms. The molecule has 2 heterocycles. The van der Waals surface area contributed by atoms with Crippen molar-refractivity contribution in [3.63, 3.8) is 0 Å². The molecule has 0 aliphatic carbocycles. The SMILES string of the molecule is Cc1cncc(NS(=O)(=O)c2cc(C(=O)O)oc2Br)c1. The fourth-order valence-corrected chi connectivity index (χ4v) is 3.44. The molecule has 0 aromatic carbocycles. The minimum Gasteiger partial charge on any atom is -0.475 e. The molecule has 20 heavy (non-hydrogen) atoms. The number of nitrogens with one attached hydrogen (secondary N) is 1. The van der Waals surface area contributed by atoms with E-state index in [0.29, 0.717) is 0 Å². The monoisotopic (exact) mass is 360 g/mol. The molecule has 0 saturated carbocycles. The van der Waals surface area contributed by atoms with Gasteiger partial charge in [-0.3, -0.25) is 9.71 Å². The maximum atomic E-state index is 12.1. The molecule has 2 N–H and O–H groups in total. The number of carboxylic acid groups (broad SMARTS) is 1. The molecule has 0 fully saturated rings. The molecule has 2 aromatic heterocycles. The van der Waals surface area contributed by atoms with Gasteiger partial charge in [0.25, 0.3) is 10.0 Å². The van der Waals surface area contributed by atoms with Crippen LogP contribution in [0.15, 0.2) is 38.5 Å². The van der Waals surface area contributed by atoms with Gasteiger partial charge in [-0.05, 0) is 34.5 Å². The van der Waals surface area contributed by atoms with Crippen LogP contribution in [-0.4, -0.2) is 24.5 Å². The molecule has 0 saturated heterocycles. The van der Waals surface area contributed by atoms with E-state index in [2.05, 4.69) is 25.6 Å². The third-order valence-corrected chi connectivity index (χ3v) is 4.52. The highest BCUT2D eigenvalue weighted by atomic mass is 79.9. The third kappa shape index (κ3) is 2.99. The summed E-state index contributed by atoms with van der Waals surface area (Å²) in [6.45, 7) is 1.76. The Balaban J connectivity index is 2.38. The lowest BCUT2D eigenvalue weighted by Gasteiger charge is -2.06. The summed E-state index contributed by atoms with van der Waals surface area (Å²) in [7, 11) is -3.97. The van der Waals surface area contributed by atoms with Crippen molar-refractivity contribution in [2.45, 2.75) is 11.8 Å². The number of pyridine rings is 1. The molecular formula is C11H9BrN2O5S. The van der Waals surface area contributed by atoms with E-state index >= 15 is 0 Å². The molecule has 0 unspecified atom stereocenters. The second kappa shape index (κ2) is 5.25. The summed E-state index contributed by atoms with van der Waals surface area (Å²) >= 11 is 2.88. The van der Waals surface area contributed by atoms with Crippen LogP contribution < -0.4 is 4.72 Å². The van der Waals surface area contributed by atoms with Crippen molar-refractivity contribution < 1.29 is 22.7 Å². The first-order valence-electron chi connectivity index (χ1n) is 5.26. The van der Waals surface area contributed by atoms with Crippen molar-refractivity contribution in [2.24, 2.45) is 0 Å². The lowest BCUT2D eigenvalue weighted by molar-refractivity contribution is 0.0661. The van der Waals surface area contributed by atoms with Gasteiger partial charge < -0.3 is 9.52 Å². The predicted octanol–water partition coefficient (Wildman–Crippen LogP) is 2.24. The first-order valence-corrected chi connectivity index (χ1v) is 7.54. The zero-order chi connectivity index (χ0) is 14.9. The Hall–Kier alpha value is -1.87. The molecule has 0 spiro atoms. The third-order valence-electron chi connectivity index (χ3n) is 2.28. The maximum absolute atomic E-state index is 12.1. The van der Waals surface area contributed by atoms with E-state index in [0.717, 1.165) is 11.6 Å². The summed E-state index contributed by atoms with van der Waals surface area (Å²) in [5, 5.41) is 8.77. The number of rotatable bonds is 4. The van der Waals surface area contributed by atoms with Gasteiger partial charge in [0.1, 0.15) is 4.90 Å². The van der Waals surface area contributed by atoms with Crippen LogP contribution in [0.2, 0.25) is 0 Å². The summed E-state index contributed by atoms with van der Waals surface area (Å²) in [6.07, 6.45) is 2.92. The van der Waals surface area contributed by atoms with E-state index in [1.165, 1.54) is 6.20 Å². The molecular weight excluding hydrogens is 352 g/mol. The van der Waals surface area contributed by atoms with Crippen LogP contribution >= 0.6 is 15.9 Å². The Morgan fingerprint density at radius 3 is 2.65 bits per heavy atom. The van der Waals surface area contributed by atoms with Crippen molar-refractivity contribution in [3.8, 4) is 0 Å². The van der Waals surface area contributed by atoms with Crippen LogP contribution in [0, 0.1) is 6.92 Å². The van der Waals surface area contributed by atoms with Crippen LogP contribution in [0.4, 0.5) is 5.69 Å². The first-order chi connectivity index (χ1) is 9.29. The number of carbonyl (C=O) groups is 1. The lowest BCUT2D eigenvalue weighted by Crippen LogP contribution is -2.13. The number of carboxylic acids is 1. The van der Waals surface area contributed by atoms with Gasteiger partial charge in [0, 0.05) is 12.3 Å². The topological polar surface area (TPSA) is 110 Å². The fraction of sp³-hybridized carbons (Fsp3) is 0.0909. The van der Waals surface area contributed by atoms with Crippen molar-refractivity contribution in [1.82, 2.24) is 4.98 Å². The van der Waals surface area contributed by atoms with Crippen molar-refractivity contribution in [1.29, 1.82) is 0 Å². The number of hydrogen-bond acceptors (Lipinski definition) is 5. The summed E-state index contributed by atoms with van der Waals surface area (Å²) in [4.78, 5) is 14.3. The number of hydrogen-bond donors (Lipinski definition) is 2. The Labute approximate surface area is 122 Å². The number of anilines is 1. The van der Waals surface area contributed by atoms with Crippen LogP contribution in [0.1, 0.15) is 16.1 Å². The minimum atomic E-state index is -3.97. The first kappa shape index (κ1) is 14.5. The van der Waals surface area contributed by atoms with Gasteiger partial charge in [-0.25, -0.2) is 13.2 Å². The van der Waals surface area contributed by atoms with Crippen molar-refractivity contribution >= 4 is 37.6 Å². The highest BCUT2D eigenvalue weighted by Crippen LogP contribution is 2.27. The van der Waals surface area contributed by atoms with Crippen LogP contribution in [-0.2, 0) is 10.0 Å². The Morgan fingerprint density at radius 2 is 2.10 bits per heavy atom. The van der Waals surface area contributed by atoms with Crippen LogP contribution in [0.25, 0.3) is 0 Å². The summed E-state index contributed by atoms with van der Waals surface area (Å²) in [5.41, 5.74) is 1.05. The number of aryl methyl sites for hydroxylation is 1. The molecule has 0 aliphatic heterocycles. The zero-order valence-corrected chi connectivity index (χ0v) is 12.5. The highest BCUT2D eigenvalue weighted by Gasteiger charge is 2.25. The van der Waals surface area contributed by atoms with Gasteiger partial charge in [0.05, 0.1) is 11.9 Å². The summed E-state index contributed by atoms with van der Waals surface area (Å²) in [6, 6.07) is 2.52. The van der Waals surface area contributed by atoms with Gasteiger partial charge in [0.2, 0.25) is 5.76 Å². The Kier molecular flexibility index (Phi) is 3.82. The largest absolute Gasteiger partial charge is 0.475 e. The second-order valence-corrected chi connectivity index (χ2v) is 6.28. The number of sulfonamides is 1. The molecule has 0 radical (unpaired) electrons. The van der Waals surface area contributed by atoms with E-state index in [9.17, 15) is 13.2 Å². The standard InChI is InChI=1S/C11H9BrN2O5S/c1-6-2-7(5-13-4-6)14-20(17,18)9-3-8(11(15)16)19-10(9)12/h2-5,14H,1H3,(H,15,16). The molecule has 0 atom stereocenters. The quantitative estimate of drug-likeness (QED) is 0.864. The average molecular weight is 361 g/mol. The highest BCUT2D eigenvalue weighted by molar-refractivity contribution is 9.10. The molecule has 2 aromatic rings. The van der Waals surface area contributed by atoms with E-state index < -0.39 is 21.8 Å². The smallest absolute Gasteiger partial charge is 0.371 e. The zero-order valence-electron chi connectivity index (χ0n) is 10.1. The number of aromatic carboxylic acids is 1. The van der Waals surface area contributed by atoms with Crippen molar-refractivity contribution in [3.05, 3.63) is 40.5 Å². The average Bonchev–Trinajstić information content (AvgIpc) is 2.71. The van der Waals surface area contributed by atoms with E-state index in [-0.39, 0.29) is 15.3 Å². The number of nitrogens with zero attached hydrogens (tertiary/aromatic N) is 1. The van der Waals surface area contributed by atoms with Gasteiger partial charge in [-0.2, -0.15) is 0 Å². The van der Waals surface area contributed by atoms with Gasteiger partial charge >= 0.3 is 5.97 Å². The molecule has 0 aliphatic rings. The summed E-state index contributed by atoms with van der Waals surface area (Å²) < 4.78 is 31.2. The van der Waals surface area contributed by atoms with Crippen LogP contribution in [0.3, 0.4) is 0 Å². The van der Waals surface area contributed by atoms with Gasteiger partial charge in [-0.15, -0.1) is 0 Å². The molecule has 0 amide bonds. The number of furan rings is 1. The van der Waals surface area contributed by atoms with E-state index in [1.54, 1.807) is 19.2 Å². The van der Waals surface area contributed by atoms with Crippen LogP contribution in [0.5, 0.6) is 0 Å².